The highest BCUT2D eigenvalue weighted by atomic mass is 16.5. The number of unbranched alkanes of at least 4 members (excludes halogenated alkanes) is 5. The highest BCUT2D eigenvalue weighted by molar-refractivity contribution is 4.64. The van der Waals surface area contributed by atoms with Crippen LogP contribution in [-0.2, 0) is 14.2 Å². The van der Waals surface area contributed by atoms with E-state index in [9.17, 15) is 5.11 Å². The van der Waals surface area contributed by atoms with Crippen LogP contribution in [0, 0.1) is 0 Å². The second kappa shape index (κ2) is 16.2. The van der Waals surface area contributed by atoms with E-state index in [1.165, 1.54) is 32.1 Å². The SMILES string of the molecule is CCCCCCCCOCC(O)CNCC(COC)OC. The monoisotopic (exact) mass is 305 g/mol. The molecular weight excluding hydrogens is 270 g/mol. The van der Waals surface area contributed by atoms with Gasteiger partial charge in [0.25, 0.3) is 0 Å². The van der Waals surface area contributed by atoms with Crippen LogP contribution in [0.5, 0.6) is 0 Å². The second-order valence-corrected chi connectivity index (χ2v) is 5.47. The third kappa shape index (κ3) is 14.5. The zero-order valence-electron chi connectivity index (χ0n) is 14.1. The van der Waals surface area contributed by atoms with E-state index in [4.69, 9.17) is 14.2 Å². The van der Waals surface area contributed by atoms with Crippen molar-refractivity contribution >= 4 is 0 Å². The molecule has 0 spiro atoms. The molecule has 0 radical (unpaired) electrons. The van der Waals surface area contributed by atoms with Crippen LogP contribution in [0.25, 0.3) is 0 Å². The van der Waals surface area contributed by atoms with Crippen molar-refractivity contribution in [2.75, 3.05) is 47.1 Å². The molecule has 0 amide bonds. The maximum absolute atomic E-state index is 9.78. The first-order valence-corrected chi connectivity index (χ1v) is 8.22. The zero-order valence-corrected chi connectivity index (χ0v) is 14.1. The molecular formula is C16H35NO4. The Morgan fingerprint density at radius 3 is 2.33 bits per heavy atom. The van der Waals surface area contributed by atoms with E-state index >= 15 is 0 Å². The Morgan fingerprint density at radius 1 is 0.952 bits per heavy atom. The maximum atomic E-state index is 9.78. The summed E-state index contributed by atoms with van der Waals surface area (Å²) >= 11 is 0. The quantitative estimate of drug-likeness (QED) is 0.427. The van der Waals surface area contributed by atoms with Gasteiger partial charge in [0.1, 0.15) is 0 Å². The van der Waals surface area contributed by atoms with Gasteiger partial charge in [-0.2, -0.15) is 0 Å². The largest absolute Gasteiger partial charge is 0.389 e. The van der Waals surface area contributed by atoms with Crippen LogP contribution in [0.15, 0.2) is 0 Å². The first kappa shape index (κ1) is 20.8. The van der Waals surface area contributed by atoms with Gasteiger partial charge in [0.2, 0.25) is 0 Å². The fourth-order valence-corrected chi connectivity index (χ4v) is 2.07. The minimum atomic E-state index is -0.467. The van der Waals surface area contributed by atoms with Crippen LogP contribution in [0.4, 0.5) is 0 Å². The van der Waals surface area contributed by atoms with Gasteiger partial charge in [0, 0.05) is 33.9 Å². The molecule has 0 aromatic carbocycles. The molecule has 5 heteroatoms. The van der Waals surface area contributed by atoms with Gasteiger partial charge in [-0.05, 0) is 6.42 Å². The van der Waals surface area contributed by atoms with E-state index in [2.05, 4.69) is 12.2 Å². The molecule has 2 N–H and O–H groups in total. The topological polar surface area (TPSA) is 60.0 Å². The summed E-state index contributed by atoms with van der Waals surface area (Å²) in [6.07, 6.45) is 7.09. The fourth-order valence-electron chi connectivity index (χ4n) is 2.07. The highest BCUT2D eigenvalue weighted by Crippen LogP contribution is 2.04. The molecule has 0 heterocycles. The Balaban J connectivity index is 3.32. The van der Waals surface area contributed by atoms with Crippen molar-refractivity contribution in [3.63, 3.8) is 0 Å². The normalized spacial score (nSPS) is 14.3. The average Bonchev–Trinajstić information content (AvgIpc) is 2.49. The van der Waals surface area contributed by atoms with E-state index in [0.717, 1.165) is 13.0 Å². The summed E-state index contributed by atoms with van der Waals surface area (Å²) in [5, 5.41) is 12.9. The number of rotatable bonds is 16. The summed E-state index contributed by atoms with van der Waals surface area (Å²) in [6, 6.07) is 0. The Kier molecular flexibility index (Phi) is 16.0. The molecule has 0 aromatic heterocycles. The van der Waals surface area contributed by atoms with Crippen molar-refractivity contribution < 1.29 is 19.3 Å². The summed E-state index contributed by atoms with van der Waals surface area (Å²) < 4.78 is 15.7. The maximum Gasteiger partial charge on any atom is 0.0928 e. The zero-order chi connectivity index (χ0) is 15.8. The van der Waals surface area contributed by atoms with Crippen LogP contribution in [0.1, 0.15) is 45.4 Å². The predicted molar refractivity (Wildman–Crippen MR) is 85.7 cm³/mol. The standard InChI is InChI=1S/C16H35NO4/c1-4-5-6-7-8-9-10-21-13-15(18)11-17-12-16(20-3)14-19-2/h15-18H,4-14H2,1-3H3. The summed E-state index contributed by atoms with van der Waals surface area (Å²) in [5.74, 6) is 0. The van der Waals surface area contributed by atoms with Crippen molar-refractivity contribution in [2.45, 2.75) is 57.7 Å². The molecule has 2 atom stereocenters. The van der Waals surface area contributed by atoms with Crippen molar-refractivity contribution in [1.29, 1.82) is 0 Å². The van der Waals surface area contributed by atoms with E-state index < -0.39 is 6.10 Å². The van der Waals surface area contributed by atoms with E-state index in [0.29, 0.717) is 26.3 Å². The Labute approximate surface area is 130 Å². The average molecular weight is 305 g/mol. The van der Waals surface area contributed by atoms with Gasteiger partial charge in [-0.25, -0.2) is 0 Å². The predicted octanol–water partition coefficient (Wildman–Crippen LogP) is 1.98. The number of aliphatic hydroxyl groups is 1. The van der Waals surface area contributed by atoms with Gasteiger partial charge in [-0.15, -0.1) is 0 Å². The molecule has 0 rings (SSSR count). The van der Waals surface area contributed by atoms with Crippen LogP contribution in [0.2, 0.25) is 0 Å². The summed E-state index contributed by atoms with van der Waals surface area (Å²) in [4.78, 5) is 0. The Bertz CT molecular complexity index is 205. The number of ether oxygens (including phenoxy) is 3. The molecule has 5 nitrogen and oxygen atoms in total. The van der Waals surface area contributed by atoms with E-state index in [1.54, 1.807) is 14.2 Å². The van der Waals surface area contributed by atoms with Crippen LogP contribution < -0.4 is 5.32 Å². The highest BCUT2D eigenvalue weighted by Gasteiger charge is 2.08. The van der Waals surface area contributed by atoms with Gasteiger partial charge < -0.3 is 24.6 Å². The molecule has 0 aliphatic rings. The minimum Gasteiger partial charge on any atom is -0.389 e. The third-order valence-electron chi connectivity index (χ3n) is 3.39. The van der Waals surface area contributed by atoms with Crippen molar-refractivity contribution in [3.05, 3.63) is 0 Å². The molecule has 0 saturated heterocycles. The first-order valence-electron chi connectivity index (χ1n) is 8.22. The lowest BCUT2D eigenvalue weighted by Gasteiger charge is -2.17. The smallest absolute Gasteiger partial charge is 0.0928 e. The summed E-state index contributed by atoms with van der Waals surface area (Å²) in [7, 11) is 3.31. The van der Waals surface area contributed by atoms with Crippen LogP contribution in [0.3, 0.4) is 0 Å². The number of aliphatic hydroxyl groups excluding tert-OH is 1. The number of hydrogen-bond donors (Lipinski definition) is 2. The van der Waals surface area contributed by atoms with Crippen molar-refractivity contribution in [3.8, 4) is 0 Å². The number of nitrogens with one attached hydrogen (secondary N) is 1. The van der Waals surface area contributed by atoms with Crippen LogP contribution >= 0.6 is 0 Å². The third-order valence-corrected chi connectivity index (χ3v) is 3.39. The number of hydrogen-bond acceptors (Lipinski definition) is 5. The lowest BCUT2D eigenvalue weighted by molar-refractivity contribution is 0.0177. The van der Waals surface area contributed by atoms with Gasteiger partial charge in [0.05, 0.1) is 25.4 Å². The minimum absolute atomic E-state index is 0.0197. The molecule has 0 bridgehead atoms. The first-order chi connectivity index (χ1) is 10.2. The van der Waals surface area contributed by atoms with Gasteiger partial charge in [-0.3, -0.25) is 0 Å². The summed E-state index contributed by atoms with van der Waals surface area (Å²) in [5.41, 5.74) is 0. The molecule has 21 heavy (non-hydrogen) atoms. The van der Waals surface area contributed by atoms with Crippen molar-refractivity contribution in [1.82, 2.24) is 5.32 Å². The Morgan fingerprint density at radius 2 is 1.67 bits per heavy atom. The van der Waals surface area contributed by atoms with Crippen LogP contribution in [-0.4, -0.2) is 64.4 Å². The van der Waals surface area contributed by atoms with Gasteiger partial charge in [-0.1, -0.05) is 39.0 Å². The number of methoxy groups -OCH3 is 2. The molecule has 0 fully saturated rings. The molecule has 0 aliphatic carbocycles. The molecule has 0 saturated carbocycles. The lowest BCUT2D eigenvalue weighted by Crippen LogP contribution is -2.37. The van der Waals surface area contributed by atoms with E-state index in [-0.39, 0.29) is 6.10 Å². The molecule has 128 valence electrons. The fraction of sp³-hybridized carbons (Fsp3) is 1.00. The lowest BCUT2D eigenvalue weighted by atomic mass is 10.1. The van der Waals surface area contributed by atoms with Gasteiger partial charge in [0.15, 0.2) is 0 Å². The van der Waals surface area contributed by atoms with E-state index in [1.807, 2.05) is 0 Å². The molecule has 2 unspecified atom stereocenters. The molecule has 0 aromatic rings. The van der Waals surface area contributed by atoms with Crippen molar-refractivity contribution in [2.24, 2.45) is 0 Å². The second-order valence-electron chi connectivity index (χ2n) is 5.47. The molecule has 0 aliphatic heterocycles. The summed E-state index contributed by atoms with van der Waals surface area (Å²) in [6.45, 7) is 5.09. The van der Waals surface area contributed by atoms with Gasteiger partial charge >= 0.3 is 0 Å². The Hall–Kier alpha value is -0.200.